The number of aromatic amines is 1. The normalized spacial score (nSPS) is 11.4. The number of rotatable bonds is 6. The fourth-order valence-corrected chi connectivity index (χ4v) is 3.67. The molecule has 0 atom stereocenters. The number of para-hydroxylation sites is 2. The number of nitrogen functional groups attached to an aromatic ring is 1. The zero-order chi connectivity index (χ0) is 21.4. The van der Waals surface area contributed by atoms with Crippen LogP contribution in [0, 0.1) is 0 Å². The van der Waals surface area contributed by atoms with Crippen molar-refractivity contribution in [2.24, 2.45) is 0 Å². The maximum Gasteiger partial charge on any atom is 0.276 e. The molecule has 3 heterocycles. The van der Waals surface area contributed by atoms with Crippen LogP contribution in [-0.4, -0.2) is 27.2 Å². The Hall–Kier alpha value is -3.91. The summed E-state index contributed by atoms with van der Waals surface area (Å²) in [5.74, 6) is 2.30. The quantitative estimate of drug-likeness (QED) is 0.381. The summed E-state index contributed by atoms with van der Waals surface area (Å²) in [5, 5.41) is 5.96. The van der Waals surface area contributed by atoms with Crippen molar-refractivity contribution in [1.29, 1.82) is 0 Å². The minimum atomic E-state index is 0.340. The van der Waals surface area contributed by atoms with Crippen LogP contribution in [0.4, 0.5) is 5.69 Å². The first kappa shape index (κ1) is 19.1. The highest BCUT2D eigenvalue weighted by molar-refractivity contribution is 6.10. The molecular weight excluding hydrogens is 394 g/mol. The van der Waals surface area contributed by atoms with E-state index in [1.165, 1.54) is 0 Å². The number of aromatic nitrogens is 4. The van der Waals surface area contributed by atoms with E-state index in [9.17, 15) is 0 Å². The predicted molar refractivity (Wildman–Crippen MR) is 118 cm³/mol. The van der Waals surface area contributed by atoms with Crippen LogP contribution in [0.2, 0.25) is 0 Å². The fraction of sp³-hybridized carbons (Fsp3) is 0.174. The van der Waals surface area contributed by atoms with Gasteiger partial charge in [-0.3, -0.25) is 0 Å². The largest absolute Gasteiger partial charge is 0.455 e. The van der Waals surface area contributed by atoms with E-state index >= 15 is 0 Å². The predicted octanol–water partition coefficient (Wildman–Crippen LogP) is 4.85. The number of hydrogen-bond acceptors (Lipinski definition) is 7. The lowest BCUT2D eigenvalue weighted by atomic mass is 10.1. The minimum absolute atomic E-state index is 0.340. The van der Waals surface area contributed by atoms with Gasteiger partial charge in [0.25, 0.3) is 5.89 Å². The van der Waals surface area contributed by atoms with Crippen LogP contribution >= 0.6 is 0 Å². The number of H-pyrrole nitrogens is 1. The standard InChI is InChI=1S/C23H21N5O3/c1-3-20-27-23(31-28-20)22-15(12-29-2)21-14-10-13(30-19-7-5-4-6-16(19)24)8-9-17(14)26-18(21)11-25-22/h4-11,26H,3,12,24H2,1-2H3. The molecule has 156 valence electrons. The van der Waals surface area contributed by atoms with Crippen molar-refractivity contribution in [3.05, 3.63) is 60.0 Å². The Kier molecular flexibility index (Phi) is 4.76. The number of benzene rings is 2. The number of aryl methyl sites for hydroxylation is 1. The number of ether oxygens (including phenoxy) is 2. The number of nitrogens with zero attached hydrogens (tertiary/aromatic N) is 3. The van der Waals surface area contributed by atoms with Gasteiger partial charge >= 0.3 is 0 Å². The molecule has 3 N–H and O–H groups in total. The molecule has 5 rings (SSSR count). The average Bonchev–Trinajstić information content (AvgIpc) is 3.40. The number of nitrogens with two attached hydrogens (primary N) is 1. The van der Waals surface area contributed by atoms with E-state index in [0.717, 1.165) is 27.4 Å². The third kappa shape index (κ3) is 3.36. The Morgan fingerprint density at radius 1 is 1.13 bits per heavy atom. The molecule has 0 radical (unpaired) electrons. The number of methoxy groups -OCH3 is 1. The zero-order valence-corrected chi connectivity index (χ0v) is 17.2. The summed E-state index contributed by atoms with van der Waals surface area (Å²) in [6, 6.07) is 13.3. The molecule has 0 fully saturated rings. The SMILES string of the molecule is CCc1noc(-c2ncc3[nH]c4ccc(Oc5ccccc5N)cc4c3c2COC)n1. The number of fused-ring (bicyclic) bond motifs is 3. The van der Waals surface area contributed by atoms with Crippen molar-refractivity contribution in [1.82, 2.24) is 20.1 Å². The molecule has 8 heteroatoms. The van der Waals surface area contributed by atoms with E-state index in [1.54, 1.807) is 13.3 Å². The topological polar surface area (TPSA) is 112 Å². The van der Waals surface area contributed by atoms with Crippen molar-refractivity contribution in [3.8, 4) is 23.1 Å². The van der Waals surface area contributed by atoms with Gasteiger partial charge in [0.1, 0.15) is 17.2 Å². The lowest BCUT2D eigenvalue weighted by Gasteiger charge is -2.09. The number of nitrogens with one attached hydrogen (secondary N) is 1. The summed E-state index contributed by atoms with van der Waals surface area (Å²) in [5.41, 5.74) is 9.94. The molecule has 0 aliphatic rings. The van der Waals surface area contributed by atoms with Crippen molar-refractivity contribution in [2.75, 3.05) is 12.8 Å². The number of hydrogen-bond donors (Lipinski definition) is 2. The molecule has 0 aliphatic heterocycles. The van der Waals surface area contributed by atoms with Crippen LogP contribution in [0.1, 0.15) is 18.3 Å². The van der Waals surface area contributed by atoms with Gasteiger partial charge in [-0.1, -0.05) is 24.2 Å². The molecule has 0 spiro atoms. The van der Waals surface area contributed by atoms with Gasteiger partial charge < -0.3 is 24.7 Å². The Balaban J connectivity index is 1.69. The van der Waals surface area contributed by atoms with Crippen LogP contribution in [0.15, 0.2) is 53.2 Å². The summed E-state index contributed by atoms with van der Waals surface area (Å²) in [6.07, 6.45) is 2.46. The second-order valence-corrected chi connectivity index (χ2v) is 7.15. The molecule has 0 saturated carbocycles. The summed E-state index contributed by atoms with van der Waals surface area (Å²) >= 11 is 0. The van der Waals surface area contributed by atoms with Gasteiger partial charge in [0.2, 0.25) is 0 Å². The number of pyridine rings is 1. The zero-order valence-electron chi connectivity index (χ0n) is 17.2. The van der Waals surface area contributed by atoms with Crippen molar-refractivity contribution >= 4 is 27.5 Å². The van der Waals surface area contributed by atoms with Crippen molar-refractivity contribution in [3.63, 3.8) is 0 Å². The van der Waals surface area contributed by atoms with E-state index < -0.39 is 0 Å². The maximum absolute atomic E-state index is 6.04. The van der Waals surface area contributed by atoms with Crippen molar-refractivity contribution in [2.45, 2.75) is 20.0 Å². The van der Waals surface area contributed by atoms with Gasteiger partial charge in [0.15, 0.2) is 5.82 Å². The molecule has 31 heavy (non-hydrogen) atoms. The first-order valence-corrected chi connectivity index (χ1v) is 9.95. The molecule has 3 aromatic heterocycles. The second kappa shape index (κ2) is 7.73. The van der Waals surface area contributed by atoms with Crippen molar-refractivity contribution < 1.29 is 14.0 Å². The van der Waals surface area contributed by atoms with E-state index in [1.807, 2.05) is 49.4 Å². The maximum atomic E-state index is 6.04. The van der Waals surface area contributed by atoms with Crippen LogP contribution in [0.3, 0.4) is 0 Å². The third-order valence-corrected chi connectivity index (χ3v) is 5.13. The van der Waals surface area contributed by atoms with E-state index in [4.69, 9.17) is 19.7 Å². The summed E-state index contributed by atoms with van der Waals surface area (Å²) in [7, 11) is 1.65. The lowest BCUT2D eigenvalue weighted by Crippen LogP contribution is -1.97. The lowest BCUT2D eigenvalue weighted by molar-refractivity contribution is 0.186. The Morgan fingerprint density at radius 2 is 2.00 bits per heavy atom. The second-order valence-electron chi connectivity index (χ2n) is 7.15. The van der Waals surface area contributed by atoms with Crippen LogP contribution in [0.25, 0.3) is 33.4 Å². The van der Waals surface area contributed by atoms with E-state index in [2.05, 4.69) is 20.1 Å². The monoisotopic (exact) mass is 415 g/mol. The van der Waals surface area contributed by atoms with Gasteiger partial charge in [-0.25, -0.2) is 4.98 Å². The molecule has 0 amide bonds. The Morgan fingerprint density at radius 3 is 2.77 bits per heavy atom. The Labute approximate surface area is 178 Å². The van der Waals surface area contributed by atoms with E-state index in [0.29, 0.717) is 47.6 Å². The molecule has 0 saturated heterocycles. The highest BCUT2D eigenvalue weighted by Gasteiger charge is 2.20. The average molecular weight is 415 g/mol. The fourth-order valence-electron chi connectivity index (χ4n) is 3.67. The van der Waals surface area contributed by atoms with E-state index in [-0.39, 0.29) is 0 Å². The van der Waals surface area contributed by atoms with Crippen LogP contribution < -0.4 is 10.5 Å². The van der Waals surface area contributed by atoms with Crippen LogP contribution in [0.5, 0.6) is 11.5 Å². The summed E-state index contributed by atoms with van der Waals surface area (Å²) in [6.45, 7) is 2.31. The smallest absolute Gasteiger partial charge is 0.276 e. The molecule has 5 aromatic rings. The molecule has 2 aromatic carbocycles. The van der Waals surface area contributed by atoms with Gasteiger partial charge in [0, 0.05) is 35.4 Å². The van der Waals surface area contributed by atoms with Crippen LogP contribution in [-0.2, 0) is 17.8 Å². The molecule has 0 aliphatic carbocycles. The first-order chi connectivity index (χ1) is 15.2. The summed E-state index contributed by atoms with van der Waals surface area (Å²) in [4.78, 5) is 12.4. The third-order valence-electron chi connectivity index (χ3n) is 5.13. The van der Waals surface area contributed by atoms with Gasteiger partial charge in [0.05, 0.1) is 24.0 Å². The number of anilines is 1. The van der Waals surface area contributed by atoms with Gasteiger partial charge in [-0.2, -0.15) is 4.98 Å². The Bertz CT molecular complexity index is 1390. The first-order valence-electron chi connectivity index (χ1n) is 9.95. The minimum Gasteiger partial charge on any atom is -0.455 e. The molecule has 0 bridgehead atoms. The van der Waals surface area contributed by atoms with Gasteiger partial charge in [-0.05, 0) is 30.3 Å². The molecular formula is C23H21N5O3. The molecule has 8 nitrogen and oxygen atoms in total. The molecule has 0 unspecified atom stereocenters. The summed E-state index contributed by atoms with van der Waals surface area (Å²) < 4.78 is 17.0. The highest BCUT2D eigenvalue weighted by Crippen LogP contribution is 2.36. The van der Waals surface area contributed by atoms with Gasteiger partial charge in [-0.15, -0.1) is 0 Å². The highest BCUT2D eigenvalue weighted by atomic mass is 16.5.